The fraction of sp³-hybridized carbons (Fsp3) is 0.409. The highest BCUT2D eigenvalue weighted by molar-refractivity contribution is 7.92. The molecule has 164 valence electrons. The molecule has 0 unspecified atom stereocenters. The Morgan fingerprint density at radius 3 is 2.40 bits per heavy atom. The normalized spacial score (nSPS) is 11.4. The maximum Gasteiger partial charge on any atom is 0.262 e. The fourth-order valence-corrected chi connectivity index (χ4v) is 4.33. The predicted octanol–water partition coefficient (Wildman–Crippen LogP) is 5.22. The number of unbranched alkanes of at least 4 members (excludes halogenated alkanes) is 1. The lowest BCUT2D eigenvalue weighted by Gasteiger charge is -2.16. The number of alkyl halides is 1. The number of carbonyl (C=O) groups is 1. The van der Waals surface area contributed by atoms with Crippen molar-refractivity contribution in [2.24, 2.45) is 0 Å². The number of hydrogen-bond donors (Lipinski definition) is 1. The number of methoxy groups -OCH3 is 2. The van der Waals surface area contributed by atoms with Gasteiger partial charge in [0.1, 0.15) is 11.5 Å². The van der Waals surface area contributed by atoms with Gasteiger partial charge in [-0.3, -0.25) is 9.52 Å². The monoisotopic (exact) mass is 453 g/mol. The molecule has 30 heavy (non-hydrogen) atoms. The number of rotatable bonds is 11. The largest absolute Gasteiger partial charge is 0.497 e. The zero-order valence-corrected chi connectivity index (χ0v) is 19.3. The predicted molar refractivity (Wildman–Crippen MR) is 120 cm³/mol. The van der Waals surface area contributed by atoms with Gasteiger partial charge in [0.05, 0.1) is 24.8 Å². The number of sulfonamides is 1. The molecule has 0 heterocycles. The number of carbonyl (C=O) groups excluding carboxylic acids is 1. The molecule has 0 aliphatic rings. The number of ketones is 1. The summed E-state index contributed by atoms with van der Waals surface area (Å²) >= 11 is 5.70. The first-order valence-electron chi connectivity index (χ1n) is 9.71. The minimum absolute atomic E-state index is 0.0189. The average molecular weight is 454 g/mol. The van der Waals surface area contributed by atoms with E-state index in [1.807, 2.05) is 13.8 Å². The van der Waals surface area contributed by atoms with Gasteiger partial charge in [0.25, 0.3) is 10.0 Å². The summed E-state index contributed by atoms with van der Waals surface area (Å²) in [7, 11) is -0.973. The second kappa shape index (κ2) is 10.7. The molecule has 0 saturated heterocycles. The Morgan fingerprint density at radius 2 is 1.80 bits per heavy atom. The molecule has 1 N–H and O–H groups in total. The Balaban J connectivity index is 2.40. The van der Waals surface area contributed by atoms with Gasteiger partial charge in [0, 0.05) is 23.9 Å². The van der Waals surface area contributed by atoms with E-state index < -0.39 is 10.0 Å². The van der Waals surface area contributed by atoms with E-state index in [1.54, 1.807) is 24.3 Å². The second-order valence-electron chi connectivity index (χ2n) is 7.14. The Bertz CT molecular complexity index is 989. The third-order valence-corrected chi connectivity index (χ3v) is 6.33. The summed E-state index contributed by atoms with van der Waals surface area (Å²) in [6, 6.07) is 9.47. The van der Waals surface area contributed by atoms with Crippen LogP contribution < -0.4 is 14.2 Å². The van der Waals surface area contributed by atoms with Crippen LogP contribution in [0.5, 0.6) is 11.5 Å². The van der Waals surface area contributed by atoms with Crippen LogP contribution in [0.2, 0.25) is 0 Å². The van der Waals surface area contributed by atoms with Gasteiger partial charge in [0.2, 0.25) is 0 Å². The summed E-state index contributed by atoms with van der Waals surface area (Å²) in [5.74, 6) is 1.37. The number of ether oxygens (including phenoxy) is 2. The second-order valence-corrected chi connectivity index (χ2v) is 9.21. The van der Waals surface area contributed by atoms with Gasteiger partial charge < -0.3 is 9.47 Å². The first-order chi connectivity index (χ1) is 14.2. The molecular weight excluding hydrogens is 426 g/mol. The molecule has 0 amide bonds. The van der Waals surface area contributed by atoms with Crippen molar-refractivity contribution < 1.29 is 22.7 Å². The van der Waals surface area contributed by atoms with Crippen molar-refractivity contribution in [3.8, 4) is 11.5 Å². The number of Topliss-reactive ketones (excluding diaryl/α,β-unsaturated/α-hetero) is 1. The van der Waals surface area contributed by atoms with Crippen molar-refractivity contribution in [3.05, 3.63) is 47.5 Å². The molecular formula is C22H28ClNO5S. The molecule has 0 aromatic heterocycles. The molecule has 0 atom stereocenters. The molecule has 2 aromatic rings. The Kier molecular flexibility index (Phi) is 8.55. The van der Waals surface area contributed by atoms with Gasteiger partial charge in [-0.2, -0.15) is 0 Å². The Hall–Kier alpha value is -2.25. The number of hydrogen-bond acceptors (Lipinski definition) is 5. The van der Waals surface area contributed by atoms with Gasteiger partial charge in [0.15, 0.2) is 5.78 Å². The van der Waals surface area contributed by atoms with Gasteiger partial charge in [-0.15, -0.1) is 11.6 Å². The van der Waals surface area contributed by atoms with Crippen molar-refractivity contribution in [1.29, 1.82) is 0 Å². The van der Waals surface area contributed by atoms with E-state index in [9.17, 15) is 13.2 Å². The van der Waals surface area contributed by atoms with Crippen LogP contribution in [0, 0.1) is 0 Å². The quantitative estimate of drug-likeness (QED) is 0.286. The van der Waals surface area contributed by atoms with E-state index in [1.165, 1.54) is 26.4 Å². The third kappa shape index (κ3) is 5.89. The maximum atomic E-state index is 13.0. The van der Waals surface area contributed by atoms with Crippen molar-refractivity contribution >= 4 is 33.1 Å². The molecule has 0 spiro atoms. The third-order valence-electron chi connectivity index (χ3n) is 4.70. The molecule has 2 aromatic carbocycles. The average Bonchev–Trinajstić information content (AvgIpc) is 2.73. The zero-order chi connectivity index (χ0) is 22.3. The van der Waals surface area contributed by atoms with Gasteiger partial charge in [-0.05, 0) is 48.6 Å². The first-order valence-corrected chi connectivity index (χ1v) is 11.7. The molecule has 0 aliphatic carbocycles. The standard InChI is InChI=1S/C22H28ClNO5S/c1-15(2)18-10-9-17(14-19(18)21(25)7-5-6-12-23)30(26,27)24-20-11-8-16(28-3)13-22(20)29-4/h8-11,13-15,24H,5-7,12H2,1-4H3. The van der Waals surface area contributed by atoms with E-state index in [0.717, 1.165) is 12.0 Å². The highest BCUT2D eigenvalue weighted by atomic mass is 35.5. The van der Waals surface area contributed by atoms with E-state index in [2.05, 4.69) is 4.72 Å². The van der Waals surface area contributed by atoms with Crippen LogP contribution in [0.3, 0.4) is 0 Å². The van der Waals surface area contributed by atoms with Crippen LogP contribution in [0.15, 0.2) is 41.3 Å². The Labute approximate surface area is 183 Å². The van der Waals surface area contributed by atoms with Crippen molar-refractivity contribution in [2.45, 2.75) is 43.9 Å². The van der Waals surface area contributed by atoms with E-state index in [4.69, 9.17) is 21.1 Å². The molecule has 8 heteroatoms. The maximum absolute atomic E-state index is 13.0. The topological polar surface area (TPSA) is 81.7 Å². The highest BCUT2D eigenvalue weighted by Crippen LogP contribution is 2.32. The fourth-order valence-electron chi connectivity index (χ4n) is 3.05. The van der Waals surface area contributed by atoms with Crippen LogP contribution >= 0.6 is 11.6 Å². The van der Waals surface area contributed by atoms with Gasteiger partial charge >= 0.3 is 0 Å². The van der Waals surface area contributed by atoms with Crippen molar-refractivity contribution in [2.75, 3.05) is 24.8 Å². The van der Waals surface area contributed by atoms with Crippen LogP contribution in [0.1, 0.15) is 54.9 Å². The van der Waals surface area contributed by atoms with E-state index in [-0.39, 0.29) is 22.3 Å². The molecule has 0 aliphatic heterocycles. The summed E-state index contributed by atoms with van der Waals surface area (Å²) in [6.45, 7) is 3.94. The number of halogens is 1. The summed E-state index contributed by atoms with van der Waals surface area (Å²) in [5.41, 5.74) is 1.54. The molecule has 0 fully saturated rings. The summed E-state index contributed by atoms with van der Waals surface area (Å²) in [4.78, 5) is 12.8. The summed E-state index contributed by atoms with van der Waals surface area (Å²) in [5, 5.41) is 0. The first kappa shape index (κ1) is 24.0. The smallest absolute Gasteiger partial charge is 0.262 e. The molecule has 2 rings (SSSR count). The Morgan fingerprint density at radius 1 is 1.07 bits per heavy atom. The van der Waals surface area contributed by atoms with Crippen molar-refractivity contribution in [3.63, 3.8) is 0 Å². The van der Waals surface area contributed by atoms with Crippen molar-refractivity contribution in [1.82, 2.24) is 0 Å². The van der Waals surface area contributed by atoms with Crippen LogP contribution in [-0.2, 0) is 10.0 Å². The summed E-state index contributed by atoms with van der Waals surface area (Å²) in [6.07, 6.45) is 1.73. The van der Waals surface area contributed by atoms with Gasteiger partial charge in [-0.25, -0.2) is 8.42 Å². The van der Waals surface area contributed by atoms with E-state index in [0.29, 0.717) is 35.8 Å². The van der Waals surface area contributed by atoms with Crippen LogP contribution in [0.25, 0.3) is 0 Å². The molecule has 6 nitrogen and oxygen atoms in total. The zero-order valence-electron chi connectivity index (χ0n) is 17.7. The summed E-state index contributed by atoms with van der Waals surface area (Å²) < 4.78 is 39.0. The minimum atomic E-state index is -3.93. The molecule has 0 saturated carbocycles. The number of nitrogens with one attached hydrogen (secondary N) is 1. The number of anilines is 1. The number of benzene rings is 2. The van der Waals surface area contributed by atoms with Gasteiger partial charge in [-0.1, -0.05) is 19.9 Å². The van der Waals surface area contributed by atoms with Crippen LogP contribution in [0.4, 0.5) is 5.69 Å². The lowest BCUT2D eigenvalue weighted by Crippen LogP contribution is -2.15. The SMILES string of the molecule is COc1ccc(NS(=O)(=O)c2ccc(C(C)C)c(C(=O)CCCCCl)c2)c(OC)c1. The lowest BCUT2D eigenvalue weighted by molar-refractivity contribution is 0.0978. The molecule has 0 bridgehead atoms. The lowest BCUT2D eigenvalue weighted by atomic mass is 9.93. The highest BCUT2D eigenvalue weighted by Gasteiger charge is 2.21. The molecule has 0 radical (unpaired) electrons. The van der Waals surface area contributed by atoms with Crippen LogP contribution in [-0.4, -0.2) is 34.3 Å². The minimum Gasteiger partial charge on any atom is -0.497 e. The van der Waals surface area contributed by atoms with E-state index >= 15 is 0 Å².